The molecular formula is C14H21NO3. The van der Waals surface area contributed by atoms with Crippen LogP contribution in [0.3, 0.4) is 0 Å². The Hall–Kier alpha value is -1.29. The Morgan fingerprint density at radius 3 is 2.94 bits per heavy atom. The molecule has 1 saturated carbocycles. The summed E-state index contributed by atoms with van der Waals surface area (Å²) in [6, 6.07) is 3.78. The molecular weight excluding hydrogens is 230 g/mol. The molecule has 0 aromatic carbocycles. The van der Waals surface area contributed by atoms with E-state index in [2.05, 4.69) is 12.2 Å². The van der Waals surface area contributed by atoms with Crippen molar-refractivity contribution in [2.24, 2.45) is 5.92 Å². The summed E-state index contributed by atoms with van der Waals surface area (Å²) in [5.41, 5.74) is 0. The van der Waals surface area contributed by atoms with Crippen LogP contribution in [-0.2, 0) is 6.54 Å². The first-order chi connectivity index (χ1) is 8.65. The minimum absolute atomic E-state index is 0.0151. The van der Waals surface area contributed by atoms with E-state index in [1.807, 2.05) is 0 Å². The standard InChI is InChI=1S/C14H21NO3/c1-10-3-2-4-11(6-5-10)15-9-12-7-8-13(18-12)14(16)17/h7-8,10-11,15H,2-6,9H2,1H3,(H,16,17). The summed E-state index contributed by atoms with van der Waals surface area (Å²) >= 11 is 0. The largest absolute Gasteiger partial charge is 0.475 e. The van der Waals surface area contributed by atoms with Crippen LogP contribution in [0.2, 0.25) is 0 Å². The van der Waals surface area contributed by atoms with Gasteiger partial charge in [0.1, 0.15) is 5.76 Å². The van der Waals surface area contributed by atoms with Gasteiger partial charge in [-0.3, -0.25) is 0 Å². The minimum atomic E-state index is -1.01. The minimum Gasteiger partial charge on any atom is -0.475 e. The van der Waals surface area contributed by atoms with Crippen molar-refractivity contribution >= 4 is 5.97 Å². The second-order valence-electron chi connectivity index (χ2n) is 5.26. The summed E-state index contributed by atoms with van der Waals surface area (Å²) in [5.74, 6) is 0.537. The van der Waals surface area contributed by atoms with Crippen LogP contribution in [0.4, 0.5) is 0 Å². The smallest absolute Gasteiger partial charge is 0.371 e. The molecule has 1 aliphatic rings. The highest BCUT2D eigenvalue weighted by Gasteiger charge is 2.16. The summed E-state index contributed by atoms with van der Waals surface area (Å²) in [6.45, 7) is 2.93. The van der Waals surface area contributed by atoms with E-state index in [9.17, 15) is 4.79 Å². The van der Waals surface area contributed by atoms with Gasteiger partial charge in [-0.2, -0.15) is 0 Å². The van der Waals surface area contributed by atoms with E-state index in [4.69, 9.17) is 9.52 Å². The normalized spacial score (nSPS) is 24.7. The predicted octanol–water partition coefficient (Wildman–Crippen LogP) is 3.04. The molecule has 0 amide bonds. The first kappa shape index (κ1) is 13.1. The maximum absolute atomic E-state index is 10.7. The van der Waals surface area contributed by atoms with Gasteiger partial charge in [-0.25, -0.2) is 4.79 Å². The topological polar surface area (TPSA) is 62.5 Å². The summed E-state index contributed by atoms with van der Waals surface area (Å²) in [4.78, 5) is 10.7. The molecule has 1 heterocycles. The molecule has 0 radical (unpaired) electrons. The molecule has 4 nitrogen and oxygen atoms in total. The zero-order valence-corrected chi connectivity index (χ0v) is 10.8. The fourth-order valence-electron chi connectivity index (χ4n) is 2.52. The lowest BCUT2D eigenvalue weighted by molar-refractivity contribution is 0.0660. The maximum atomic E-state index is 10.7. The van der Waals surface area contributed by atoms with Crippen molar-refractivity contribution in [1.29, 1.82) is 0 Å². The molecule has 18 heavy (non-hydrogen) atoms. The number of carbonyl (C=O) groups is 1. The molecule has 1 fully saturated rings. The third-order valence-electron chi connectivity index (χ3n) is 3.69. The third-order valence-corrected chi connectivity index (χ3v) is 3.69. The van der Waals surface area contributed by atoms with E-state index in [0.29, 0.717) is 18.3 Å². The van der Waals surface area contributed by atoms with E-state index in [0.717, 1.165) is 5.92 Å². The third kappa shape index (κ3) is 3.60. The van der Waals surface area contributed by atoms with Crippen LogP contribution < -0.4 is 5.32 Å². The lowest BCUT2D eigenvalue weighted by Gasteiger charge is -2.15. The first-order valence-electron chi connectivity index (χ1n) is 6.70. The molecule has 100 valence electrons. The molecule has 2 rings (SSSR count). The molecule has 2 N–H and O–H groups in total. The Morgan fingerprint density at radius 2 is 2.22 bits per heavy atom. The van der Waals surface area contributed by atoms with Crippen LogP contribution in [0.5, 0.6) is 0 Å². The molecule has 4 heteroatoms. The Labute approximate surface area is 107 Å². The van der Waals surface area contributed by atoms with Crippen molar-refractivity contribution in [1.82, 2.24) is 5.32 Å². The number of nitrogens with one attached hydrogen (secondary N) is 1. The molecule has 0 aliphatic heterocycles. The number of carboxylic acid groups (broad SMARTS) is 1. The van der Waals surface area contributed by atoms with Gasteiger partial charge in [-0.1, -0.05) is 19.8 Å². The van der Waals surface area contributed by atoms with Crippen LogP contribution in [0.25, 0.3) is 0 Å². The molecule has 1 aliphatic carbocycles. The summed E-state index contributed by atoms with van der Waals surface area (Å²) in [5, 5.41) is 12.2. The lowest BCUT2D eigenvalue weighted by Crippen LogP contribution is -2.27. The van der Waals surface area contributed by atoms with Crippen molar-refractivity contribution in [3.05, 3.63) is 23.7 Å². The lowest BCUT2D eigenvalue weighted by atomic mass is 10.0. The fourth-order valence-corrected chi connectivity index (χ4v) is 2.52. The van der Waals surface area contributed by atoms with E-state index in [1.54, 1.807) is 6.07 Å². The van der Waals surface area contributed by atoms with Gasteiger partial charge in [0.15, 0.2) is 0 Å². The van der Waals surface area contributed by atoms with Crippen LogP contribution >= 0.6 is 0 Å². The number of rotatable bonds is 4. The molecule has 1 aromatic rings. The Morgan fingerprint density at radius 1 is 1.39 bits per heavy atom. The molecule has 0 bridgehead atoms. The second-order valence-corrected chi connectivity index (χ2v) is 5.26. The number of aromatic carboxylic acids is 1. The quantitative estimate of drug-likeness (QED) is 0.807. The molecule has 2 unspecified atom stereocenters. The monoisotopic (exact) mass is 251 g/mol. The van der Waals surface area contributed by atoms with E-state index in [-0.39, 0.29) is 5.76 Å². The number of hydrogen-bond donors (Lipinski definition) is 2. The van der Waals surface area contributed by atoms with Crippen molar-refractivity contribution in [3.63, 3.8) is 0 Å². The Kier molecular flexibility index (Phi) is 4.42. The zero-order chi connectivity index (χ0) is 13.0. The van der Waals surface area contributed by atoms with Gasteiger partial charge in [0.25, 0.3) is 0 Å². The van der Waals surface area contributed by atoms with E-state index < -0.39 is 5.97 Å². The van der Waals surface area contributed by atoms with Crippen LogP contribution in [0, 0.1) is 5.92 Å². The van der Waals surface area contributed by atoms with Crippen LogP contribution in [-0.4, -0.2) is 17.1 Å². The molecule has 0 saturated heterocycles. The van der Waals surface area contributed by atoms with Crippen LogP contribution in [0.15, 0.2) is 16.5 Å². The fraction of sp³-hybridized carbons (Fsp3) is 0.643. The zero-order valence-electron chi connectivity index (χ0n) is 10.8. The number of carboxylic acids is 1. The maximum Gasteiger partial charge on any atom is 0.371 e. The van der Waals surface area contributed by atoms with Crippen LogP contribution in [0.1, 0.15) is 55.3 Å². The highest BCUT2D eigenvalue weighted by molar-refractivity contribution is 5.84. The molecule has 0 spiro atoms. The van der Waals surface area contributed by atoms with Crippen molar-refractivity contribution in [2.45, 2.75) is 51.6 Å². The number of hydrogen-bond acceptors (Lipinski definition) is 3. The first-order valence-corrected chi connectivity index (χ1v) is 6.70. The van der Waals surface area contributed by atoms with E-state index in [1.165, 1.54) is 38.2 Å². The highest BCUT2D eigenvalue weighted by Crippen LogP contribution is 2.22. The van der Waals surface area contributed by atoms with Gasteiger partial charge in [-0.05, 0) is 37.3 Å². The van der Waals surface area contributed by atoms with Crippen molar-refractivity contribution in [3.8, 4) is 0 Å². The van der Waals surface area contributed by atoms with Gasteiger partial charge in [0, 0.05) is 6.04 Å². The van der Waals surface area contributed by atoms with Crippen molar-refractivity contribution < 1.29 is 14.3 Å². The van der Waals surface area contributed by atoms with Gasteiger partial charge < -0.3 is 14.8 Å². The SMILES string of the molecule is CC1CCCC(NCc2ccc(C(=O)O)o2)CC1. The Bertz CT molecular complexity index is 399. The average molecular weight is 251 g/mol. The predicted molar refractivity (Wildman–Crippen MR) is 68.5 cm³/mol. The van der Waals surface area contributed by atoms with Crippen molar-refractivity contribution in [2.75, 3.05) is 0 Å². The summed E-state index contributed by atoms with van der Waals surface area (Å²) < 4.78 is 5.23. The summed E-state index contributed by atoms with van der Waals surface area (Å²) in [7, 11) is 0. The molecule has 2 atom stereocenters. The van der Waals surface area contributed by atoms with Gasteiger partial charge >= 0.3 is 5.97 Å². The van der Waals surface area contributed by atoms with Gasteiger partial charge in [0.05, 0.1) is 6.54 Å². The summed E-state index contributed by atoms with van der Waals surface area (Å²) in [6.07, 6.45) is 6.28. The Balaban J connectivity index is 1.81. The van der Waals surface area contributed by atoms with Gasteiger partial charge in [-0.15, -0.1) is 0 Å². The molecule has 1 aromatic heterocycles. The second kappa shape index (κ2) is 6.05. The average Bonchev–Trinajstić information content (AvgIpc) is 2.72. The number of furan rings is 1. The highest BCUT2D eigenvalue weighted by atomic mass is 16.4. The van der Waals surface area contributed by atoms with E-state index >= 15 is 0 Å². The van der Waals surface area contributed by atoms with Gasteiger partial charge in [0.2, 0.25) is 5.76 Å².